The van der Waals surface area contributed by atoms with Crippen molar-refractivity contribution in [3.05, 3.63) is 28.8 Å². The molecule has 0 aliphatic rings. The Kier molecular flexibility index (Phi) is 8.76. The molecule has 1 aromatic carbocycles. The summed E-state index contributed by atoms with van der Waals surface area (Å²) in [5, 5.41) is 12.5. The maximum atomic E-state index is 8.81. The smallest absolute Gasteiger partial charge is 0.0992 e. The van der Waals surface area contributed by atoms with Crippen LogP contribution < -0.4 is 5.32 Å². The molecule has 0 unspecified atom stereocenters. The first-order valence-corrected chi connectivity index (χ1v) is 6.73. The number of rotatable bonds is 10. The number of ether oxygens (including phenoxy) is 3. The topological polar surface area (TPSA) is 63.5 Å². The van der Waals surface area contributed by atoms with Gasteiger partial charge in [0, 0.05) is 13.7 Å². The van der Waals surface area contributed by atoms with Crippen molar-refractivity contribution < 1.29 is 14.2 Å². The van der Waals surface area contributed by atoms with Crippen LogP contribution in [0.4, 0.5) is 5.69 Å². The predicted octanol–water partition coefficient (Wildman–Crippen LogP) is 2.30. The fraction of sp³-hybridized carbons (Fsp3) is 0.500. The lowest BCUT2D eigenvalue weighted by Crippen LogP contribution is -2.13. The van der Waals surface area contributed by atoms with Crippen molar-refractivity contribution in [2.24, 2.45) is 0 Å². The molecule has 0 heterocycles. The number of nitriles is 1. The molecule has 0 fully saturated rings. The van der Waals surface area contributed by atoms with Gasteiger partial charge < -0.3 is 19.5 Å². The number of halogens is 1. The molecular weight excluding hydrogens is 280 g/mol. The Bertz CT molecular complexity index is 435. The summed E-state index contributed by atoms with van der Waals surface area (Å²) < 4.78 is 15.5. The molecule has 110 valence electrons. The summed E-state index contributed by atoms with van der Waals surface area (Å²) in [7, 11) is 1.64. The van der Waals surface area contributed by atoms with E-state index in [1.807, 2.05) is 0 Å². The average Bonchev–Trinajstić information content (AvgIpc) is 2.47. The van der Waals surface area contributed by atoms with Crippen molar-refractivity contribution in [1.82, 2.24) is 0 Å². The van der Waals surface area contributed by atoms with Crippen molar-refractivity contribution in [3.63, 3.8) is 0 Å². The van der Waals surface area contributed by atoms with Gasteiger partial charge in [0.15, 0.2) is 0 Å². The van der Waals surface area contributed by atoms with Crippen LogP contribution in [0.1, 0.15) is 5.56 Å². The lowest BCUT2D eigenvalue weighted by molar-refractivity contribution is 0.0272. The van der Waals surface area contributed by atoms with Crippen molar-refractivity contribution in [3.8, 4) is 6.07 Å². The van der Waals surface area contributed by atoms with Gasteiger partial charge in [-0.3, -0.25) is 0 Å². The van der Waals surface area contributed by atoms with E-state index in [-0.39, 0.29) is 0 Å². The van der Waals surface area contributed by atoms with E-state index in [4.69, 9.17) is 31.1 Å². The highest BCUT2D eigenvalue weighted by Gasteiger charge is 2.01. The molecule has 0 saturated heterocycles. The molecule has 0 atom stereocenters. The maximum absolute atomic E-state index is 8.81. The second kappa shape index (κ2) is 10.5. The van der Waals surface area contributed by atoms with E-state index in [0.717, 1.165) is 5.69 Å². The van der Waals surface area contributed by atoms with Crippen LogP contribution in [0.2, 0.25) is 5.02 Å². The van der Waals surface area contributed by atoms with Gasteiger partial charge in [0.2, 0.25) is 0 Å². The summed E-state index contributed by atoms with van der Waals surface area (Å²) in [6.45, 7) is 3.42. The molecule has 0 saturated carbocycles. The summed E-state index contributed by atoms with van der Waals surface area (Å²) in [4.78, 5) is 0. The maximum Gasteiger partial charge on any atom is 0.0992 e. The van der Waals surface area contributed by atoms with Gasteiger partial charge in [0.25, 0.3) is 0 Å². The van der Waals surface area contributed by atoms with Crippen molar-refractivity contribution in [1.29, 1.82) is 5.26 Å². The lowest BCUT2D eigenvalue weighted by Gasteiger charge is -2.09. The van der Waals surface area contributed by atoms with Crippen LogP contribution >= 0.6 is 11.6 Å². The molecule has 0 amide bonds. The van der Waals surface area contributed by atoms with Gasteiger partial charge in [-0.25, -0.2) is 0 Å². The Morgan fingerprint density at radius 3 is 2.55 bits per heavy atom. The monoisotopic (exact) mass is 298 g/mol. The zero-order valence-electron chi connectivity index (χ0n) is 11.5. The van der Waals surface area contributed by atoms with Crippen LogP contribution in [0.5, 0.6) is 0 Å². The van der Waals surface area contributed by atoms with E-state index in [9.17, 15) is 0 Å². The molecule has 0 bridgehead atoms. The lowest BCUT2D eigenvalue weighted by atomic mass is 10.2. The second-order valence-corrected chi connectivity index (χ2v) is 4.36. The quantitative estimate of drug-likeness (QED) is 0.672. The molecule has 5 nitrogen and oxygen atoms in total. The third-order valence-corrected chi connectivity index (χ3v) is 2.79. The largest absolute Gasteiger partial charge is 0.382 e. The van der Waals surface area contributed by atoms with Crippen LogP contribution in [0.15, 0.2) is 18.2 Å². The number of hydrogen-bond acceptors (Lipinski definition) is 5. The van der Waals surface area contributed by atoms with Gasteiger partial charge >= 0.3 is 0 Å². The number of hydrogen-bond donors (Lipinski definition) is 1. The van der Waals surface area contributed by atoms with Crippen molar-refractivity contribution in [2.45, 2.75) is 0 Å². The normalized spacial score (nSPS) is 10.2. The Morgan fingerprint density at radius 2 is 1.85 bits per heavy atom. The zero-order valence-corrected chi connectivity index (χ0v) is 12.3. The second-order valence-electron chi connectivity index (χ2n) is 3.95. The fourth-order valence-corrected chi connectivity index (χ4v) is 1.64. The van der Waals surface area contributed by atoms with Crippen LogP contribution in [0, 0.1) is 11.3 Å². The van der Waals surface area contributed by atoms with Gasteiger partial charge in [0.1, 0.15) is 0 Å². The molecule has 6 heteroatoms. The molecule has 1 aromatic rings. The van der Waals surface area contributed by atoms with Gasteiger partial charge in [-0.05, 0) is 18.2 Å². The van der Waals surface area contributed by atoms with E-state index in [0.29, 0.717) is 50.2 Å². The van der Waals surface area contributed by atoms with Crippen molar-refractivity contribution >= 4 is 17.3 Å². The third kappa shape index (κ3) is 6.73. The molecular formula is C14H19ClN2O3. The Labute approximate surface area is 124 Å². The molecule has 0 radical (unpaired) electrons. The molecule has 1 N–H and O–H groups in total. The van der Waals surface area contributed by atoms with E-state index < -0.39 is 0 Å². The Hall–Kier alpha value is -1.32. The van der Waals surface area contributed by atoms with Gasteiger partial charge in [0.05, 0.1) is 55.4 Å². The van der Waals surface area contributed by atoms with E-state index in [1.165, 1.54) is 0 Å². The first-order valence-electron chi connectivity index (χ1n) is 6.36. The average molecular weight is 299 g/mol. The highest BCUT2D eigenvalue weighted by molar-refractivity contribution is 6.33. The minimum atomic E-state index is 0.539. The molecule has 0 aliphatic heterocycles. The molecule has 0 aliphatic carbocycles. The molecule has 0 aromatic heterocycles. The first kappa shape index (κ1) is 16.7. The van der Waals surface area contributed by atoms with Crippen LogP contribution in [-0.2, 0) is 14.2 Å². The van der Waals surface area contributed by atoms with E-state index >= 15 is 0 Å². The minimum Gasteiger partial charge on any atom is -0.382 e. The van der Waals surface area contributed by atoms with E-state index in [1.54, 1.807) is 25.3 Å². The predicted molar refractivity (Wildman–Crippen MR) is 78.2 cm³/mol. The van der Waals surface area contributed by atoms with Crippen LogP contribution in [0.3, 0.4) is 0 Å². The minimum absolute atomic E-state index is 0.539. The number of nitrogens with one attached hydrogen (secondary N) is 1. The summed E-state index contributed by atoms with van der Waals surface area (Å²) in [6.07, 6.45) is 0. The van der Waals surface area contributed by atoms with Crippen LogP contribution in [-0.4, -0.2) is 46.7 Å². The first-order chi connectivity index (χ1) is 9.77. The van der Waals surface area contributed by atoms with Gasteiger partial charge in [-0.15, -0.1) is 0 Å². The highest BCUT2D eigenvalue weighted by atomic mass is 35.5. The SMILES string of the molecule is COCCOCCOCCNc1cc(C#N)ccc1Cl. The summed E-state index contributed by atoms with van der Waals surface area (Å²) in [6, 6.07) is 7.17. The Morgan fingerprint density at radius 1 is 1.15 bits per heavy atom. The van der Waals surface area contributed by atoms with Crippen LogP contribution in [0.25, 0.3) is 0 Å². The summed E-state index contributed by atoms with van der Waals surface area (Å²) in [5.74, 6) is 0. The number of methoxy groups -OCH3 is 1. The number of anilines is 1. The standard InChI is InChI=1S/C14H19ClN2O3/c1-18-6-7-20-9-8-19-5-4-17-14-10-12(11-16)2-3-13(14)15/h2-3,10,17H,4-9H2,1H3. The van der Waals surface area contributed by atoms with Gasteiger partial charge in [-0.1, -0.05) is 11.6 Å². The highest BCUT2D eigenvalue weighted by Crippen LogP contribution is 2.22. The van der Waals surface area contributed by atoms with E-state index in [2.05, 4.69) is 11.4 Å². The Balaban J connectivity index is 2.11. The molecule has 0 spiro atoms. The third-order valence-electron chi connectivity index (χ3n) is 2.46. The number of benzene rings is 1. The zero-order chi connectivity index (χ0) is 14.6. The van der Waals surface area contributed by atoms with Crippen molar-refractivity contribution in [2.75, 3.05) is 52.0 Å². The summed E-state index contributed by atoms with van der Waals surface area (Å²) in [5.41, 5.74) is 1.31. The molecule has 20 heavy (non-hydrogen) atoms. The summed E-state index contributed by atoms with van der Waals surface area (Å²) >= 11 is 6.02. The fourth-order valence-electron chi connectivity index (χ4n) is 1.45. The molecule has 1 rings (SSSR count). The van der Waals surface area contributed by atoms with Gasteiger partial charge in [-0.2, -0.15) is 5.26 Å². The number of nitrogens with zero attached hydrogens (tertiary/aromatic N) is 1.